The Morgan fingerprint density at radius 2 is 1.68 bits per heavy atom. The molecule has 0 atom stereocenters. The SMILES string of the molecule is Cc1ccc(CC(=O)N(C)CC(=O)Nc2c(Cl)cccc2Cl)cc1C. The Balaban J connectivity index is 1.96. The predicted molar refractivity (Wildman–Crippen MR) is 102 cm³/mol. The summed E-state index contributed by atoms with van der Waals surface area (Å²) >= 11 is 12.1. The lowest BCUT2D eigenvalue weighted by Gasteiger charge is -2.18. The van der Waals surface area contributed by atoms with Gasteiger partial charge in [-0.1, -0.05) is 47.5 Å². The maximum absolute atomic E-state index is 12.3. The summed E-state index contributed by atoms with van der Waals surface area (Å²) in [7, 11) is 1.59. The van der Waals surface area contributed by atoms with Gasteiger partial charge in [-0.3, -0.25) is 9.59 Å². The first-order valence-corrected chi connectivity index (χ1v) is 8.57. The summed E-state index contributed by atoms with van der Waals surface area (Å²) < 4.78 is 0. The van der Waals surface area contributed by atoms with Crippen LogP contribution in [0.1, 0.15) is 16.7 Å². The number of hydrogen-bond donors (Lipinski definition) is 1. The van der Waals surface area contributed by atoms with E-state index in [9.17, 15) is 9.59 Å². The summed E-state index contributed by atoms with van der Waals surface area (Å²) in [6, 6.07) is 10.9. The van der Waals surface area contributed by atoms with Crippen molar-refractivity contribution in [1.82, 2.24) is 4.90 Å². The van der Waals surface area contributed by atoms with Crippen LogP contribution < -0.4 is 5.32 Å². The number of para-hydroxylation sites is 1. The first kappa shape index (κ1) is 19.3. The van der Waals surface area contributed by atoms with Gasteiger partial charge in [0, 0.05) is 7.05 Å². The van der Waals surface area contributed by atoms with Gasteiger partial charge in [-0.15, -0.1) is 0 Å². The van der Waals surface area contributed by atoms with Crippen LogP contribution in [-0.4, -0.2) is 30.3 Å². The summed E-state index contributed by atoms with van der Waals surface area (Å²) in [5, 5.41) is 3.35. The van der Waals surface area contributed by atoms with Gasteiger partial charge in [0.2, 0.25) is 11.8 Å². The molecule has 2 aromatic carbocycles. The fraction of sp³-hybridized carbons (Fsp3) is 0.263. The van der Waals surface area contributed by atoms with Crippen LogP contribution in [0.25, 0.3) is 0 Å². The molecule has 1 N–H and O–H groups in total. The molecule has 0 radical (unpaired) electrons. The van der Waals surface area contributed by atoms with Gasteiger partial charge in [0.15, 0.2) is 0 Å². The zero-order valence-electron chi connectivity index (χ0n) is 14.4. The average molecular weight is 379 g/mol. The Kier molecular flexibility index (Phi) is 6.45. The molecule has 0 fully saturated rings. The molecule has 0 saturated heterocycles. The minimum absolute atomic E-state index is 0.0781. The van der Waals surface area contributed by atoms with Crippen molar-refractivity contribution in [3.8, 4) is 0 Å². The maximum Gasteiger partial charge on any atom is 0.244 e. The van der Waals surface area contributed by atoms with Gasteiger partial charge in [0.25, 0.3) is 0 Å². The quantitative estimate of drug-likeness (QED) is 0.845. The first-order valence-electron chi connectivity index (χ1n) is 7.82. The molecule has 6 heteroatoms. The molecule has 2 aromatic rings. The second-order valence-corrected chi connectivity index (χ2v) is 6.80. The monoisotopic (exact) mass is 378 g/mol. The van der Waals surface area contributed by atoms with Gasteiger partial charge >= 0.3 is 0 Å². The Morgan fingerprint density at radius 1 is 1.04 bits per heavy atom. The topological polar surface area (TPSA) is 49.4 Å². The smallest absolute Gasteiger partial charge is 0.244 e. The standard InChI is InChI=1S/C19H20Cl2N2O2/c1-12-7-8-14(9-13(12)2)10-18(25)23(3)11-17(24)22-19-15(20)5-4-6-16(19)21/h4-9H,10-11H2,1-3H3,(H,22,24). The molecule has 4 nitrogen and oxygen atoms in total. The number of anilines is 1. The Labute approximate surface area is 157 Å². The number of likely N-dealkylation sites (N-methyl/N-ethyl adjacent to an activating group) is 1. The van der Waals surface area contributed by atoms with E-state index in [0.29, 0.717) is 15.7 Å². The zero-order valence-corrected chi connectivity index (χ0v) is 15.9. The maximum atomic E-state index is 12.3. The summed E-state index contributed by atoms with van der Waals surface area (Å²) in [6.45, 7) is 3.95. The van der Waals surface area contributed by atoms with Gasteiger partial charge < -0.3 is 10.2 Å². The molecule has 0 aliphatic heterocycles. The highest BCUT2D eigenvalue weighted by Gasteiger charge is 2.16. The third kappa shape index (κ3) is 5.21. The van der Waals surface area contributed by atoms with Crippen LogP contribution in [0.4, 0.5) is 5.69 Å². The molecule has 0 aromatic heterocycles. The third-order valence-electron chi connectivity index (χ3n) is 3.96. The van der Waals surface area contributed by atoms with Crippen molar-refractivity contribution < 1.29 is 9.59 Å². The fourth-order valence-corrected chi connectivity index (χ4v) is 2.81. The Morgan fingerprint density at radius 3 is 2.28 bits per heavy atom. The van der Waals surface area contributed by atoms with Crippen molar-refractivity contribution in [2.75, 3.05) is 18.9 Å². The molecule has 0 spiro atoms. The van der Waals surface area contributed by atoms with E-state index in [2.05, 4.69) is 5.32 Å². The van der Waals surface area contributed by atoms with E-state index in [1.165, 1.54) is 10.5 Å². The number of halogens is 2. The number of nitrogens with one attached hydrogen (secondary N) is 1. The summed E-state index contributed by atoms with van der Waals surface area (Å²) in [6.07, 6.45) is 0.248. The van der Waals surface area contributed by atoms with Crippen molar-refractivity contribution in [2.45, 2.75) is 20.3 Å². The van der Waals surface area contributed by atoms with Crippen molar-refractivity contribution in [3.05, 3.63) is 63.1 Å². The normalized spacial score (nSPS) is 10.4. The van der Waals surface area contributed by atoms with Crippen molar-refractivity contribution in [3.63, 3.8) is 0 Å². The highest BCUT2D eigenvalue weighted by molar-refractivity contribution is 6.39. The molecule has 132 valence electrons. The molecule has 0 aliphatic carbocycles. The summed E-state index contributed by atoms with van der Waals surface area (Å²) in [4.78, 5) is 25.9. The lowest BCUT2D eigenvalue weighted by atomic mass is 10.0. The van der Waals surface area contributed by atoms with Crippen molar-refractivity contribution in [2.24, 2.45) is 0 Å². The predicted octanol–water partition coefficient (Wildman–Crippen LogP) is 4.25. The Hall–Kier alpha value is -2.04. The molecular formula is C19H20Cl2N2O2. The van der Waals surface area contributed by atoms with Crippen LogP contribution in [0, 0.1) is 13.8 Å². The van der Waals surface area contributed by atoms with Crippen LogP contribution >= 0.6 is 23.2 Å². The van der Waals surface area contributed by atoms with E-state index in [1.54, 1.807) is 25.2 Å². The molecular weight excluding hydrogens is 359 g/mol. The number of aryl methyl sites for hydroxylation is 2. The van der Waals surface area contributed by atoms with E-state index in [4.69, 9.17) is 23.2 Å². The number of rotatable bonds is 5. The minimum atomic E-state index is -0.356. The van der Waals surface area contributed by atoms with Gasteiger partial charge in [-0.05, 0) is 42.7 Å². The highest BCUT2D eigenvalue weighted by Crippen LogP contribution is 2.29. The van der Waals surface area contributed by atoms with E-state index in [1.807, 2.05) is 32.0 Å². The second-order valence-electron chi connectivity index (χ2n) is 5.99. The van der Waals surface area contributed by atoms with Crippen LogP contribution in [0.5, 0.6) is 0 Å². The van der Waals surface area contributed by atoms with Gasteiger partial charge in [0.1, 0.15) is 0 Å². The molecule has 2 rings (SSSR count). The zero-order chi connectivity index (χ0) is 18.6. The molecule has 0 unspecified atom stereocenters. The number of amides is 2. The van der Waals surface area contributed by atoms with Gasteiger partial charge in [-0.25, -0.2) is 0 Å². The van der Waals surface area contributed by atoms with E-state index in [0.717, 1.165) is 11.1 Å². The molecule has 0 saturated carbocycles. The van der Waals surface area contributed by atoms with Crippen LogP contribution in [0.15, 0.2) is 36.4 Å². The third-order valence-corrected chi connectivity index (χ3v) is 4.59. The van der Waals surface area contributed by atoms with Crippen molar-refractivity contribution >= 4 is 40.7 Å². The number of hydrogen-bond acceptors (Lipinski definition) is 2. The largest absolute Gasteiger partial charge is 0.336 e. The van der Waals surface area contributed by atoms with Crippen molar-refractivity contribution in [1.29, 1.82) is 0 Å². The highest BCUT2D eigenvalue weighted by atomic mass is 35.5. The van der Waals surface area contributed by atoms with Gasteiger partial charge in [0.05, 0.1) is 28.7 Å². The second kappa shape index (κ2) is 8.37. The molecule has 0 aliphatic rings. The minimum Gasteiger partial charge on any atom is -0.336 e. The van der Waals surface area contributed by atoms with Crippen LogP contribution in [-0.2, 0) is 16.0 Å². The van der Waals surface area contributed by atoms with Crippen LogP contribution in [0.3, 0.4) is 0 Å². The number of carbonyl (C=O) groups excluding carboxylic acids is 2. The average Bonchev–Trinajstić information content (AvgIpc) is 2.54. The lowest BCUT2D eigenvalue weighted by molar-refractivity contribution is -0.132. The van der Waals surface area contributed by atoms with E-state index < -0.39 is 0 Å². The molecule has 25 heavy (non-hydrogen) atoms. The molecule has 0 heterocycles. The van der Waals surface area contributed by atoms with E-state index in [-0.39, 0.29) is 24.8 Å². The molecule has 0 bridgehead atoms. The van der Waals surface area contributed by atoms with Crippen LogP contribution in [0.2, 0.25) is 10.0 Å². The first-order chi connectivity index (χ1) is 11.8. The summed E-state index contributed by atoms with van der Waals surface area (Å²) in [5.41, 5.74) is 3.60. The lowest BCUT2D eigenvalue weighted by Crippen LogP contribution is -2.35. The number of benzene rings is 2. The van der Waals surface area contributed by atoms with Gasteiger partial charge in [-0.2, -0.15) is 0 Å². The number of nitrogens with zero attached hydrogens (tertiary/aromatic N) is 1. The summed E-state index contributed by atoms with van der Waals surface area (Å²) in [5.74, 6) is -0.491. The van der Waals surface area contributed by atoms with E-state index >= 15 is 0 Å². The Bertz CT molecular complexity index is 786. The fourth-order valence-electron chi connectivity index (χ4n) is 2.32. The molecule has 2 amide bonds. The number of carbonyl (C=O) groups is 2.